The highest BCUT2D eigenvalue weighted by atomic mass is 19.1. The van der Waals surface area contributed by atoms with Crippen LogP contribution in [0.2, 0.25) is 0 Å². The van der Waals surface area contributed by atoms with E-state index in [0.717, 1.165) is 23.1 Å². The van der Waals surface area contributed by atoms with E-state index in [4.69, 9.17) is 4.74 Å². The summed E-state index contributed by atoms with van der Waals surface area (Å²) in [6.45, 7) is 10.4. The summed E-state index contributed by atoms with van der Waals surface area (Å²) < 4.78 is 19.9. The Balaban J connectivity index is 1.70. The highest BCUT2D eigenvalue weighted by Gasteiger charge is 2.43. The molecule has 0 aliphatic carbocycles. The van der Waals surface area contributed by atoms with Crippen LogP contribution in [0.25, 0.3) is 0 Å². The summed E-state index contributed by atoms with van der Waals surface area (Å²) in [7, 11) is 0. The molecule has 1 aliphatic heterocycles. The second kappa shape index (κ2) is 9.72. The third-order valence-electron chi connectivity index (χ3n) is 7.10. The standard InChI is InChI=1S/C27H36FNO4/c1-6-27(7-2)21-17-20(28)9-10-22(21)29(25(32)33-27)15-14-26(4,5)13-12-24(31)19-8-11-23(30)18(3)16-19/h8-11,16-17,24,30-31H,6-7,12-15H2,1-5H3. The Hall–Kier alpha value is -2.60. The van der Waals surface area contributed by atoms with Gasteiger partial charge < -0.3 is 14.9 Å². The van der Waals surface area contributed by atoms with Crippen molar-refractivity contribution < 1.29 is 24.1 Å². The molecular formula is C27H36FNO4. The number of aliphatic hydroxyl groups excluding tert-OH is 1. The average molecular weight is 458 g/mol. The van der Waals surface area contributed by atoms with Gasteiger partial charge in [0, 0.05) is 12.1 Å². The Labute approximate surface area is 196 Å². The summed E-state index contributed by atoms with van der Waals surface area (Å²) in [5.74, 6) is -0.119. The van der Waals surface area contributed by atoms with Crippen molar-refractivity contribution in [2.45, 2.75) is 78.4 Å². The van der Waals surface area contributed by atoms with E-state index in [-0.39, 0.29) is 17.0 Å². The molecule has 1 heterocycles. The number of carbonyl (C=O) groups is 1. The lowest BCUT2D eigenvalue weighted by Crippen LogP contribution is -2.46. The second-order valence-electron chi connectivity index (χ2n) is 9.90. The zero-order valence-corrected chi connectivity index (χ0v) is 20.3. The quantitative estimate of drug-likeness (QED) is 0.437. The number of anilines is 1. The summed E-state index contributed by atoms with van der Waals surface area (Å²) in [5, 5.41) is 20.3. The van der Waals surface area contributed by atoms with Gasteiger partial charge in [-0.2, -0.15) is 0 Å². The van der Waals surface area contributed by atoms with Crippen molar-refractivity contribution >= 4 is 11.8 Å². The van der Waals surface area contributed by atoms with Crippen molar-refractivity contribution in [2.24, 2.45) is 5.41 Å². The minimum absolute atomic E-state index is 0.141. The largest absolute Gasteiger partial charge is 0.508 e. The number of phenols is 1. The van der Waals surface area contributed by atoms with Gasteiger partial charge in [-0.15, -0.1) is 0 Å². The molecule has 1 unspecified atom stereocenters. The number of aromatic hydroxyl groups is 1. The van der Waals surface area contributed by atoms with Crippen LogP contribution in [0.4, 0.5) is 14.9 Å². The molecule has 33 heavy (non-hydrogen) atoms. The summed E-state index contributed by atoms with van der Waals surface area (Å²) >= 11 is 0. The molecule has 5 nitrogen and oxygen atoms in total. The van der Waals surface area contributed by atoms with Crippen LogP contribution in [-0.4, -0.2) is 22.9 Å². The van der Waals surface area contributed by atoms with Gasteiger partial charge in [-0.25, -0.2) is 9.18 Å². The molecule has 2 aromatic rings. The lowest BCUT2D eigenvalue weighted by atomic mass is 9.82. The number of ether oxygens (including phenoxy) is 1. The Bertz CT molecular complexity index is 1000. The van der Waals surface area contributed by atoms with E-state index < -0.39 is 17.8 Å². The molecule has 1 aliphatic rings. The van der Waals surface area contributed by atoms with Crippen molar-refractivity contribution in [3.63, 3.8) is 0 Å². The van der Waals surface area contributed by atoms with E-state index in [1.165, 1.54) is 12.1 Å². The Morgan fingerprint density at radius 1 is 1.12 bits per heavy atom. The number of aliphatic hydroxyl groups is 1. The third kappa shape index (κ3) is 5.32. The first kappa shape index (κ1) is 25.0. The Kier molecular flexibility index (Phi) is 7.37. The van der Waals surface area contributed by atoms with Crippen molar-refractivity contribution in [1.29, 1.82) is 0 Å². The lowest BCUT2D eigenvalue weighted by Gasteiger charge is -2.42. The normalized spacial score (nSPS) is 16.3. The first-order valence-corrected chi connectivity index (χ1v) is 11.8. The maximum atomic E-state index is 14.1. The predicted octanol–water partition coefficient (Wildman–Crippen LogP) is 6.74. The average Bonchev–Trinajstić information content (AvgIpc) is 2.78. The number of cyclic esters (lactones) is 1. The van der Waals surface area contributed by atoms with E-state index in [0.29, 0.717) is 37.9 Å². The number of hydrogen-bond donors (Lipinski definition) is 2. The molecular weight excluding hydrogens is 421 g/mol. The zero-order chi connectivity index (χ0) is 24.4. The highest BCUT2D eigenvalue weighted by Crippen LogP contribution is 2.44. The number of phenolic OH excluding ortho intramolecular Hbond substituents is 1. The maximum absolute atomic E-state index is 14.1. The summed E-state index contributed by atoms with van der Waals surface area (Å²) in [6, 6.07) is 9.71. The number of halogens is 1. The SMILES string of the molecule is CCC1(CC)OC(=O)N(CCC(C)(C)CCC(O)c2ccc(O)c(C)c2)c2ccc(F)cc21. The number of amides is 1. The topological polar surface area (TPSA) is 70.0 Å². The highest BCUT2D eigenvalue weighted by molar-refractivity contribution is 5.91. The number of carbonyl (C=O) groups excluding carboxylic acids is 1. The van der Waals surface area contributed by atoms with Gasteiger partial charge in [0.1, 0.15) is 17.2 Å². The number of aryl methyl sites for hydroxylation is 1. The van der Waals surface area contributed by atoms with Crippen LogP contribution in [0.5, 0.6) is 5.75 Å². The van der Waals surface area contributed by atoms with E-state index in [1.807, 2.05) is 20.8 Å². The van der Waals surface area contributed by atoms with Gasteiger partial charge >= 0.3 is 6.09 Å². The molecule has 0 spiro atoms. The number of benzene rings is 2. The van der Waals surface area contributed by atoms with Crippen molar-refractivity contribution in [1.82, 2.24) is 0 Å². The van der Waals surface area contributed by atoms with Gasteiger partial charge in [-0.1, -0.05) is 33.8 Å². The van der Waals surface area contributed by atoms with E-state index in [2.05, 4.69) is 13.8 Å². The lowest BCUT2D eigenvalue weighted by molar-refractivity contribution is -0.00173. The fourth-order valence-corrected chi connectivity index (χ4v) is 4.59. The van der Waals surface area contributed by atoms with Crippen LogP contribution < -0.4 is 4.90 Å². The third-order valence-corrected chi connectivity index (χ3v) is 7.10. The predicted molar refractivity (Wildman–Crippen MR) is 128 cm³/mol. The molecule has 1 amide bonds. The van der Waals surface area contributed by atoms with Crippen LogP contribution in [0.1, 0.15) is 82.6 Å². The molecule has 180 valence electrons. The Morgan fingerprint density at radius 2 is 1.82 bits per heavy atom. The van der Waals surface area contributed by atoms with Gasteiger partial charge in [-0.05, 0) is 85.9 Å². The molecule has 2 N–H and O–H groups in total. The van der Waals surface area contributed by atoms with Gasteiger partial charge in [-0.3, -0.25) is 4.90 Å². The molecule has 0 radical (unpaired) electrons. The van der Waals surface area contributed by atoms with Crippen LogP contribution >= 0.6 is 0 Å². The monoisotopic (exact) mass is 457 g/mol. The van der Waals surface area contributed by atoms with Crippen LogP contribution in [0.3, 0.4) is 0 Å². The minimum Gasteiger partial charge on any atom is -0.508 e. The molecule has 1 atom stereocenters. The number of fused-ring (bicyclic) bond motifs is 1. The fourth-order valence-electron chi connectivity index (χ4n) is 4.59. The molecule has 0 aromatic heterocycles. The van der Waals surface area contributed by atoms with Gasteiger partial charge in [0.15, 0.2) is 0 Å². The zero-order valence-electron chi connectivity index (χ0n) is 20.3. The molecule has 2 aromatic carbocycles. The summed E-state index contributed by atoms with van der Waals surface area (Å²) in [4.78, 5) is 14.6. The number of rotatable bonds is 9. The molecule has 0 fully saturated rings. The molecule has 0 saturated carbocycles. The number of nitrogens with zero attached hydrogens (tertiary/aromatic N) is 1. The second-order valence-corrected chi connectivity index (χ2v) is 9.90. The van der Waals surface area contributed by atoms with Crippen molar-refractivity contribution in [3.05, 3.63) is 58.9 Å². The van der Waals surface area contributed by atoms with Crippen molar-refractivity contribution in [2.75, 3.05) is 11.4 Å². The van der Waals surface area contributed by atoms with Gasteiger partial charge in [0.2, 0.25) is 0 Å². The molecule has 0 bridgehead atoms. The summed E-state index contributed by atoms with van der Waals surface area (Å²) in [6.07, 6.45) is 2.17. The fraction of sp³-hybridized carbons (Fsp3) is 0.519. The van der Waals surface area contributed by atoms with Crippen molar-refractivity contribution in [3.8, 4) is 5.75 Å². The van der Waals surface area contributed by atoms with Crippen LogP contribution in [0.15, 0.2) is 36.4 Å². The van der Waals surface area contributed by atoms with E-state index in [1.54, 1.807) is 29.2 Å². The first-order valence-electron chi connectivity index (χ1n) is 11.8. The minimum atomic E-state index is -0.799. The Morgan fingerprint density at radius 3 is 2.45 bits per heavy atom. The smallest absolute Gasteiger partial charge is 0.415 e. The van der Waals surface area contributed by atoms with E-state index in [9.17, 15) is 19.4 Å². The molecule has 0 saturated heterocycles. The number of hydrogen-bond acceptors (Lipinski definition) is 4. The van der Waals surface area contributed by atoms with Crippen LogP contribution in [0, 0.1) is 18.2 Å². The first-order chi connectivity index (χ1) is 15.5. The summed E-state index contributed by atoms with van der Waals surface area (Å²) in [5.41, 5.74) is 2.02. The maximum Gasteiger partial charge on any atom is 0.415 e. The molecule has 6 heteroatoms. The van der Waals surface area contributed by atoms with E-state index >= 15 is 0 Å². The van der Waals surface area contributed by atoms with Crippen LogP contribution in [-0.2, 0) is 10.3 Å². The van der Waals surface area contributed by atoms with Gasteiger partial charge in [0.25, 0.3) is 0 Å². The molecule has 3 rings (SSSR count). The van der Waals surface area contributed by atoms with Gasteiger partial charge in [0.05, 0.1) is 11.8 Å².